The molecule has 0 spiro atoms. The summed E-state index contributed by atoms with van der Waals surface area (Å²) in [5.41, 5.74) is 19.1. The number of hydrogen-bond donors (Lipinski definition) is 5. The number of amides is 1. The molecule has 1 aliphatic rings. The van der Waals surface area contributed by atoms with Crippen molar-refractivity contribution in [1.82, 2.24) is 10.3 Å². The van der Waals surface area contributed by atoms with Crippen LogP contribution in [0.3, 0.4) is 0 Å². The standard InChI is InChI=1S/C27H34N8O2/c1-2-13-32-27(37)21(16-31-17-28)26(35-24-12-6-11-23(30)34-24)33-20-10-5-7-18(14-20)15-22(29)25(36)19-8-3-4-9-19/h2,5-7,10-12,14,16-17,19,22H,1,3-4,8-9,13,15,29H2,(H2,28,31)(H,32,37)(H3,30,33,34,35)/b21-16+. The summed E-state index contributed by atoms with van der Waals surface area (Å²) in [6.45, 7) is 3.87. The van der Waals surface area contributed by atoms with Crippen LogP contribution in [0, 0.1) is 5.92 Å². The summed E-state index contributed by atoms with van der Waals surface area (Å²) < 4.78 is 0. The Labute approximate surface area is 216 Å². The molecule has 0 bridgehead atoms. The van der Waals surface area contributed by atoms with Crippen LogP contribution in [0.25, 0.3) is 0 Å². The zero-order valence-electron chi connectivity index (χ0n) is 20.8. The number of carbonyl (C=O) groups is 2. The number of pyridine rings is 1. The van der Waals surface area contributed by atoms with E-state index in [1.807, 2.05) is 18.2 Å². The van der Waals surface area contributed by atoms with Crippen molar-refractivity contribution in [2.45, 2.75) is 38.1 Å². The lowest BCUT2D eigenvalue weighted by atomic mass is 9.93. The topological polar surface area (TPSA) is 174 Å². The molecule has 1 amide bonds. The number of rotatable bonds is 11. The molecule has 1 heterocycles. The zero-order valence-corrected chi connectivity index (χ0v) is 20.8. The zero-order chi connectivity index (χ0) is 26.6. The summed E-state index contributed by atoms with van der Waals surface area (Å²) in [4.78, 5) is 38.5. The number of aliphatic imine (C=N–C) groups is 2. The smallest absolute Gasteiger partial charge is 0.256 e. The van der Waals surface area contributed by atoms with Gasteiger partial charge in [-0.05, 0) is 49.1 Å². The van der Waals surface area contributed by atoms with Gasteiger partial charge in [-0.2, -0.15) is 0 Å². The number of nitrogens with one attached hydrogen (secondary N) is 2. The number of aromatic nitrogens is 1. The fraction of sp³-hybridized carbons (Fsp3) is 0.296. The molecule has 37 heavy (non-hydrogen) atoms. The second kappa shape index (κ2) is 13.7. The third-order valence-electron chi connectivity index (χ3n) is 5.94. The van der Waals surface area contributed by atoms with Gasteiger partial charge in [0.2, 0.25) is 0 Å². The van der Waals surface area contributed by atoms with E-state index in [1.54, 1.807) is 30.3 Å². The number of hydrogen-bond acceptors (Lipinski definition) is 7. The second-order valence-electron chi connectivity index (χ2n) is 8.74. The molecular weight excluding hydrogens is 468 g/mol. The minimum atomic E-state index is -0.574. The molecule has 1 aromatic carbocycles. The largest absolute Gasteiger partial charge is 0.390 e. The van der Waals surface area contributed by atoms with Gasteiger partial charge in [0.1, 0.15) is 23.0 Å². The molecular formula is C27H34N8O2. The first-order chi connectivity index (χ1) is 17.9. The SMILES string of the molecule is C=CCNC(=O)C(=C/N=C/N)/C(=N\c1cccc(CC(N)C(=O)C2CCCC2)c1)Nc1cccc(N)n1. The van der Waals surface area contributed by atoms with Gasteiger partial charge in [0.05, 0.1) is 18.1 Å². The van der Waals surface area contributed by atoms with Crippen molar-refractivity contribution in [2.75, 3.05) is 17.6 Å². The van der Waals surface area contributed by atoms with Crippen LogP contribution in [0.4, 0.5) is 17.3 Å². The fourth-order valence-corrected chi connectivity index (χ4v) is 4.15. The molecule has 10 nitrogen and oxygen atoms in total. The maximum Gasteiger partial charge on any atom is 0.256 e. The number of ketones is 1. The van der Waals surface area contributed by atoms with Gasteiger partial charge in [-0.25, -0.2) is 15.0 Å². The van der Waals surface area contributed by atoms with Crippen molar-refractivity contribution in [2.24, 2.45) is 27.4 Å². The number of nitrogen functional groups attached to an aromatic ring is 1. The third-order valence-corrected chi connectivity index (χ3v) is 5.94. The molecule has 1 atom stereocenters. The minimum Gasteiger partial charge on any atom is -0.390 e. The van der Waals surface area contributed by atoms with Crippen LogP contribution in [0.2, 0.25) is 0 Å². The van der Waals surface area contributed by atoms with E-state index in [1.165, 1.54) is 6.20 Å². The maximum absolute atomic E-state index is 12.9. The summed E-state index contributed by atoms with van der Waals surface area (Å²) in [7, 11) is 0. The van der Waals surface area contributed by atoms with Gasteiger partial charge >= 0.3 is 0 Å². The van der Waals surface area contributed by atoms with Gasteiger partial charge in [-0.1, -0.05) is 37.1 Å². The molecule has 1 aliphatic carbocycles. The summed E-state index contributed by atoms with van der Waals surface area (Å²) in [5.74, 6) is 0.592. The first-order valence-electron chi connectivity index (χ1n) is 12.2. The summed E-state index contributed by atoms with van der Waals surface area (Å²) >= 11 is 0. The first-order valence-corrected chi connectivity index (χ1v) is 12.2. The van der Waals surface area contributed by atoms with Crippen molar-refractivity contribution in [3.63, 3.8) is 0 Å². The van der Waals surface area contributed by atoms with E-state index in [0.29, 0.717) is 23.7 Å². The molecule has 1 saturated carbocycles. The second-order valence-corrected chi connectivity index (χ2v) is 8.74. The van der Waals surface area contributed by atoms with E-state index >= 15 is 0 Å². The van der Waals surface area contributed by atoms with E-state index in [4.69, 9.17) is 17.2 Å². The molecule has 1 unspecified atom stereocenters. The number of benzene rings is 1. The van der Waals surface area contributed by atoms with Gasteiger partial charge < -0.3 is 27.8 Å². The van der Waals surface area contributed by atoms with Crippen molar-refractivity contribution in [1.29, 1.82) is 0 Å². The number of nitrogens with zero attached hydrogens (tertiary/aromatic N) is 3. The van der Waals surface area contributed by atoms with Gasteiger partial charge in [0, 0.05) is 18.7 Å². The Balaban J connectivity index is 1.94. The molecule has 0 aliphatic heterocycles. The van der Waals surface area contributed by atoms with E-state index in [0.717, 1.165) is 37.6 Å². The highest BCUT2D eigenvalue weighted by Crippen LogP contribution is 2.27. The lowest BCUT2D eigenvalue weighted by molar-refractivity contribution is -0.124. The Morgan fingerprint density at radius 1 is 1.19 bits per heavy atom. The van der Waals surface area contributed by atoms with Gasteiger partial charge in [-0.15, -0.1) is 6.58 Å². The fourth-order valence-electron chi connectivity index (χ4n) is 4.15. The van der Waals surface area contributed by atoms with Crippen LogP contribution >= 0.6 is 0 Å². The molecule has 2 aromatic rings. The van der Waals surface area contributed by atoms with Crippen LogP contribution in [0.5, 0.6) is 0 Å². The van der Waals surface area contributed by atoms with Crippen molar-refractivity contribution < 1.29 is 9.59 Å². The molecule has 3 rings (SSSR count). The van der Waals surface area contributed by atoms with Gasteiger partial charge in [-0.3, -0.25) is 9.59 Å². The number of Topliss-reactive ketones (excluding diaryl/α,β-unsaturated/α-hetero) is 1. The Bertz CT molecular complexity index is 1200. The lowest BCUT2D eigenvalue weighted by Crippen LogP contribution is -2.36. The first kappa shape index (κ1) is 27.3. The van der Waals surface area contributed by atoms with E-state index in [9.17, 15) is 9.59 Å². The van der Waals surface area contributed by atoms with Gasteiger partial charge in [0.15, 0.2) is 5.78 Å². The molecule has 194 valence electrons. The van der Waals surface area contributed by atoms with E-state index in [-0.39, 0.29) is 29.7 Å². The van der Waals surface area contributed by atoms with Crippen LogP contribution in [0.1, 0.15) is 31.2 Å². The highest BCUT2D eigenvalue weighted by atomic mass is 16.1. The number of anilines is 2. The maximum atomic E-state index is 12.9. The highest BCUT2D eigenvalue weighted by Gasteiger charge is 2.27. The predicted octanol–water partition coefficient (Wildman–Crippen LogP) is 2.61. The number of nitrogens with two attached hydrogens (primary N) is 3. The monoisotopic (exact) mass is 502 g/mol. The van der Waals surface area contributed by atoms with E-state index < -0.39 is 11.9 Å². The number of amidine groups is 1. The summed E-state index contributed by atoms with van der Waals surface area (Å²) in [5, 5.41) is 5.78. The Kier molecular flexibility index (Phi) is 10.1. The van der Waals surface area contributed by atoms with Crippen LogP contribution < -0.4 is 27.8 Å². The minimum absolute atomic E-state index is 0.0580. The molecule has 10 heteroatoms. The summed E-state index contributed by atoms with van der Waals surface area (Å²) in [6.07, 6.45) is 8.32. The average Bonchev–Trinajstić information content (AvgIpc) is 3.42. The molecule has 0 radical (unpaired) electrons. The predicted molar refractivity (Wildman–Crippen MR) is 148 cm³/mol. The third kappa shape index (κ3) is 8.11. The quantitative estimate of drug-likeness (QED) is 0.136. The van der Waals surface area contributed by atoms with E-state index in [2.05, 4.69) is 32.2 Å². The van der Waals surface area contributed by atoms with Crippen LogP contribution in [-0.4, -0.2) is 41.4 Å². The average molecular weight is 503 g/mol. The molecule has 1 fully saturated rings. The Morgan fingerprint density at radius 3 is 2.65 bits per heavy atom. The van der Waals surface area contributed by atoms with Crippen LogP contribution in [-0.2, 0) is 16.0 Å². The van der Waals surface area contributed by atoms with Crippen molar-refractivity contribution >= 4 is 41.2 Å². The molecule has 8 N–H and O–H groups in total. The Hall–Kier alpha value is -4.31. The van der Waals surface area contributed by atoms with Gasteiger partial charge in [0.25, 0.3) is 5.91 Å². The summed E-state index contributed by atoms with van der Waals surface area (Å²) in [6, 6.07) is 11.8. The van der Waals surface area contributed by atoms with Crippen LogP contribution in [0.15, 0.2) is 76.9 Å². The normalized spacial score (nSPS) is 15.5. The molecule has 0 saturated heterocycles. The number of carbonyl (C=O) groups excluding carboxylic acids is 2. The van der Waals surface area contributed by atoms with Crippen molar-refractivity contribution in [3.05, 3.63) is 72.5 Å². The molecule has 1 aromatic heterocycles. The highest BCUT2D eigenvalue weighted by molar-refractivity contribution is 6.25. The van der Waals surface area contributed by atoms with Crippen molar-refractivity contribution in [3.8, 4) is 0 Å². The Morgan fingerprint density at radius 2 is 1.95 bits per heavy atom. The lowest BCUT2D eigenvalue weighted by Gasteiger charge is -2.16.